The van der Waals surface area contributed by atoms with E-state index in [2.05, 4.69) is 31.4 Å². The molecule has 40 heavy (non-hydrogen) atoms. The molecule has 2 aromatic rings. The zero-order valence-corrected chi connectivity index (χ0v) is 23.8. The Labute approximate surface area is 235 Å². The van der Waals surface area contributed by atoms with Crippen molar-refractivity contribution in [2.75, 3.05) is 13.7 Å². The minimum absolute atomic E-state index is 0.0547. The van der Waals surface area contributed by atoms with Crippen molar-refractivity contribution in [3.8, 4) is 11.5 Å². The number of methoxy groups -OCH3 is 1. The number of carboxylic acid groups (broad SMARTS) is 1. The molecule has 0 saturated carbocycles. The van der Waals surface area contributed by atoms with Crippen LogP contribution in [-0.2, 0) is 25.5 Å². The van der Waals surface area contributed by atoms with E-state index < -0.39 is 42.1 Å². The van der Waals surface area contributed by atoms with Crippen molar-refractivity contribution >= 4 is 17.8 Å². The first-order chi connectivity index (χ1) is 18.6. The predicted molar refractivity (Wildman–Crippen MR) is 151 cm³/mol. The molecule has 2 aromatic carbocycles. The van der Waals surface area contributed by atoms with Gasteiger partial charge in [-0.05, 0) is 48.6 Å². The van der Waals surface area contributed by atoms with Crippen molar-refractivity contribution in [2.45, 2.75) is 71.2 Å². The van der Waals surface area contributed by atoms with Crippen LogP contribution in [0.4, 0.5) is 0 Å². The highest BCUT2D eigenvalue weighted by molar-refractivity contribution is 5.90. The number of nitrogens with two attached hydrogens (primary N) is 1. The lowest BCUT2D eigenvalue weighted by molar-refractivity contribution is -0.145. The number of carbonyl (C=O) groups is 3. The lowest BCUT2D eigenvalue weighted by Crippen LogP contribution is -2.52. The highest BCUT2D eigenvalue weighted by Crippen LogP contribution is 2.28. The molecule has 11 nitrogen and oxygen atoms in total. The number of carboxylic acids is 1. The first kappa shape index (κ1) is 34.4. The number of aliphatic hydroxyl groups excluding tert-OH is 1. The third-order valence-electron chi connectivity index (χ3n) is 5.88. The van der Waals surface area contributed by atoms with Gasteiger partial charge in [-0.2, -0.15) is 0 Å². The van der Waals surface area contributed by atoms with Crippen LogP contribution in [0, 0.1) is 5.41 Å². The number of aliphatic carboxylic acids is 1. The third-order valence-corrected chi connectivity index (χ3v) is 5.88. The average Bonchev–Trinajstić information content (AvgIpc) is 2.88. The van der Waals surface area contributed by atoms with Crippen LogP contribution in [0.3, 0.4) is 0 Å². The van der Waals surface area contributed by atoms with E-state index in [1.807, 2.05) is 30.3 Å². The van der Waals surface area contributed by atoms with E-state index in [1.54, 1.807) is 6.92 Å². The first-order valence-corrected chi connectivity index (χ1v) is 13.0. The van der Waals surface area contributed by atoms with Gasteiger partial charge in [-0.15, -0.1) is 0 Å². The van der Waals surface area contributed by atoms with Gasteiger partial charge in [-0.3, -0.25) is 9.59 Å². The van der Waals surface area contributed by atoms with Crippen LogP contribution in [0.25, 0.3) is 0 Å². The number of benzene rings is 2. The van der Waals surface area contributed by atoms with Crippen LogP contribution in [0.5, 0.6) is 11.5 Å². The standard InChI is InChI=1S/C20H30N2O5.C9H13NO3/c1-20(2,3)10-11-21-15(13-17(23)24)18(25)22-16(19(26)27-4)12-14-8-6-5-7-9-14;1-5(10)9(13)6-2-3-7(11)8(12)4-6/h5-9,15-16,21H,10-13H2,1-4H3,(H,22,25)(H,23,24);2-5,9,11-13H,10H2,1H3/t15-,16-;5-,9-/m00/s1. The minimum atomic E-state index is -1.09. The molecule has 0 fully saturated rings. The van der Waals surface area contributed by atoms with Crippen LogP contribution in [0.2, 0.25) is 0 Å². The van der Waals surface area contributed by atoms with Gasteiger partial charge in [-0.1, -0.05) is 57.2 Å². The van der Waals surface area contributed by atoms with Crippen LogP contribution < -0.4 is 16.4 Å². The summed E-state index contributed by atoms with van der Waals surface area (Å²) in [5.41, 5.74) is 6.87. The number of phenolic OH excluding ortho intramolecular Hbond substituents is 2. The van der Waals surface area contributed by atoms with E-state index in [4.69, 9.17) is 25.8 Å². The van der Waals surface area contributed by atoms with E-state index in [9.17, 15) is 19.5 Å². The van der Waals surface area contributed by atoms with Gasteiger partial charge in [0.1, 0.15) is 6.04 Å². The number of esters is 1. The molecule has 0 spiro atoms. The van der Waals surface area contributed by atoms with Gasteiger partial charge in [0.15, 0.2) is 11.5 Å². The Balaban J connectivity index is 0.000000512. The second kappa shape index (κ2) is 16.4. The number of ether oxygens (including phenoxy) is 1. The van der Waals surface area contributed by atoms with Crippen LogP contribution in [0.15, 0.2) is 48.5 Å². The lowest BCUT2D eigenvalue weighted by Gasteiger charge is -2.23. The molecular weight excluding hydrogens is 518 g/mol. The van der Waals surface area contributed by atoms with E-state index in [0.29, 0.717) is 12.1 Å². The van der Waals surface area contributed by atoms with Crippen molar-refractivity contribution in [2.24, 2.45) is 11.1 Å². The Hall–Kier alpha value is -3.67. The number of rotatable bonds is 12. The first-order valence-electron chi connectivity index (χ1n) is 13.0. The molecular formula is C29H43N3O8. The van der Waals surface area contributed by atoms with E-state index in [0.717, 1.165) is 12.0 Å². The molecule has 0 saturated heterocycles. The molecule has 2 rings (SSSR count). The monoisotopic (exact) mass is 561 g/mol. The maximum Gasteiger partial charge on any atom is 0.328 e. The number of hydrogen-bond donors (Lipinski definition) is 7. The SMILES string of the molecule is COC(=O)[C@H](Cc1ccccc1)NC(=O)[C@H](CC(=O)O)NCCC(C)(C)C.C[C@H](N)[C@H](O)c1ccc(O)c(O)c1. The highest BCUT2D eigenvalue weighted by atomic mass is 16.5. The Morgan fingerprint density at radius 2 is 1.62 bits per heavy atom. The summed E-state index contributed by atoms with van der Waals surface area (Å²) in [5.74, 6) is -2.65. The highest BCUT2D eigenvalue weighted by Gasteiger charge is 2.28. The lowest BCUT2D eigenvalue weighted by atomic mass is 9.92. The van der Waals surface area contributed by atoms with Gasteiger partial charge in [0.2, 0.25) is 5.91 Å². The zero-order valence-electron chi connectivity index (χ0n) is 23.8. The number of amides is 1. The summed E-state index contributed by atoms with van der Waals surface area (Å²) in [6, 6.07) is 11.1. The van der Waals surface area contributed by atoms with Crippen molar-refractivity contribution < 1.29 is 39.5 Å². The Bertz CT molecular complexity index is 1090. The maximum atomic E-state index is 12.6. The van der Waals surface area contributed by atoms with Crippen molar-refractivity contribution in [1.29, 1.82) is 0 Å². The molecule has 0 heterocycles. The van der Waals surface area contributed by atoms with Crippen LogP contribution in [-0.4, -0.2) is 70.1 Å². The van der Waals surface area contributed by atoms with Crippen molar-refractivity contribution in [1.82, 2.24) is 10.6 Å². The van der Waals surface area contributed by atoms with Gasteiger partial charge < -0.3 is 41.5 Å². The molecule has 0 bridgehead atoms. The molecule has 0 aliphatic rings. The number of aliphatic hydroxyl groups is 1. The zero-order chi connectivity index (χ0) is 30.5. The Morgan fingerprint density at radius 3 is 2.12 bits per heavy atom. The van der Waals surface area contributed by atoms with Crippen molar-refractivity contribution in [3.05, 3.63) is 59.7 Å². The van der Waals surface area contributed by atoms with Gasteiger partial charge in [0.05, 0.1) is 25.7 Å². The van der Waals surface area contributed by atoms with Gasteiger partial charge in [0.25, 0.3) is 0 Å². The summed E-state index contributed by atoms with van der Waals surface area (Å²) in [4.78, 5) is 35.8. The summed E-state index contributed by atoms with van der Waals surface area (Å²) in [5, 5.41) is 42.3. The summed E-state index contributed by atoms with van der Waals surface area (Å²) >= 11 is 0. The maximum absolute atomic E-state index is 12.6. The Morgan fingerprint density at radius 1 is 1.00 bits per heavy atom. The van der Waals surface area contributed by atoms with E-state index >= 15 is 0 Å². The molecule has 0 unspecified atom stereocenters. The molecule has 0 radical (unpaired) electrons. The van der Waals surface area contributed by atoms with Crippen molar-refractivity contribution in [3.63, 3.8) is 0 Å². The number of hydrogen-bond acceptors (Lipinski definition) is 9. The third kappa shape index (κ3) is 12.9. The quantitative estimate of drug-likeness (QED) is 0.149. The normalized spacial score (nSPS) is 14.1. The van der Waals surface area contributed by atoms with E-state index in [1.165, 1.54) is 25.3 Å². The summed E-state index contributed by atoms with van der Waals surface area (Å²) in [6.07, 6.45) is -0.150. The second-order valence-corrected chi connectivity index (χ2v) is 10.7. The molecule has 4 atom stereocenters. The number of nitrogens with one attached hydrogen (secondary N) is 2. The fourth-order valence-corrected chi connectivity index (χ4v) is 3.54. The van der Waals surface area contributed by atoms with E-state index in [-0.39, 0.29) is 29.8 Å². The molecule has 222 valence electrons. The van der Waals surface area contributed by atoms with Crippen LogP contribution in [0.1, 0.15) is 57.8 Å². The number of carbonyl (C=O) groups excluding carboxylic acids is 2. The molecule has 11 heteroatoms. The molecule has 1 amide bonds. The summed E-state index contributed by atoms with van der Waals surface area (Å²) in [7, 11) is 1.25. The minimum Gasteiger partial charge on any atom is -0.504 e. The fourth-order valence-electron chi connectivity index (χ4n) is 3.54. The van der Waals surface area contributed by atoms with Gasteiger partial charge >= 0.3 is 11.9 Å². The van der Waals surface area contributed by atoms with Gasteiger partial charge in [0, 0.05) is 12.5 Å². The molecule has 0 aliphatic heterocycles. The molecule has 0 aromatic heterocycles. The summed E-state index contributed by atoms with van der Waals surface area (Å²) < 4.78 is 4.78. The van der Waals surface area contributed by atoms with Crippen LogP contribution >= 0.6 is 0 Å². The number of phenols is 2. The second-order valence-electron chi connectivity index (χ2n) is 10.7. The molecule has 8 N–H and O–H groups in total. The largest absolute Gasteiger partial charge is 0.504 e. The summed E-state index contributed by atoms with van der Waals surface area (Å²) in [6.45, 7) is 8.35. The number of aromatic hydroxyl groups is 2. The average molecular weight is 562 g/mol. The predicted octanol–water partition coefficient (Wildman–Crippen LogP) is 2.23. The molecule has 0 aliphatic carbocycles. The Kier molecular flexibility index (Phi) is 14.1. The fraction of sp³-hybridized carbons (Fsp3) is 0.483. The smallest absolute Gasteiger partial charge is 0.328 e. The van der Waals surface area contributed by atoms with Gasteiger partial charge in [-0.25, -0.2) is 4.79 Å². The topological polar surface area (TPSA) is 191 Å².